The van der Waals surface area contributed by atoms with Gasteiger partial charge in [0.05, 0.1) is 15.7 Å². The number of urea groups is 1. The third kappa shape index (κ3) is 4.98. The Kier molecular flexibility index (Phi) is 7.01. The number of hydrogen-bond donors (Lipinski definition) is 1. The molecule has 172 valence electrons. The van der Waals surface area contributed by atoms with Crippen LogP contribution in [0.15, 0.2) is 72.3 Å². The summed E-state index contributed by atoms with van der Waals surface area (Å²) < 4.78 is 5.77. The first-order valence-corrected chi connectivity index (χ1v) is 11.3. The van der Waals surface area contributed by atoms with Crippen LogP contribution in [0.2, 0.25) is 10.0 Å². The Labute approximate surface area is 206 Å². The number of hydrogen-bond acceptors (Lipinski definition) is 4. The van der Waals surface area contributed by atoms with Crippen LogP contribution in [0.4, 0.5) is 10.5 Å². The van der Waals surface area contributed by atoms with Crippen molar-refractivity contribution >= 4 is 52.8 Å². The number of imide groups is 2. The van der Waals surface area contributed by atoms with E-state index in [0.717, 1.165) is 16.0 Å². The number of anilines is 1. The zero-order valence-electron chi connectivity index (χ0n) is 18.2. The van der Waals surface area contributed by atoms with E-state index in [9.17, 15) is 14.4 Å². The molecule has 1 saturated heterocycles. The van der Waals surface area contributed by atoms with E-state index < -0.39 is 17.8 Å². The van der Waals surface area contributed by atoms with E-state index in [2.05, 4.69) is 5.32 Å². The van der Waals surface area contributed by atoms with Gasteiger partial charge in [0.1, 0.15) is 17.9 Å². The van der Waals surface area contributed by atoms with Crippen molar-refractivity contribution in [1.29, 1.82) is 0 Å². The number of aryl methyl sites for hydroxylation is 1. The van der Waals surface area contributed by atoms with Crippen molar-refractivity contribution in [2.24, 2.45) is 0 Å². The first kappa shape index (κ1) is 23.5. The van der Waals surface area contributed by atoms with Gasteiger partial charge >= 0.3 is 6.03 Å². The fourth-order valence-corrected chi connectivity index (χ4v) is 3.85. The number of rotatable bonds is 6. The minimum Gasteiger partial charge on any atom is -0.489 e. The van der Waals surface area contributed by atoms with Crippen molar-refractivity contribution in [1.82, 2.24) is 5.32 Å². The van der Waals surface area contributed by atoms with Crippen LogP contribution in [0, 0.1) is 0 Å². The van der Waals surface area contributed by atoms with Crippen LogP contribution in [0.25, 0.3) is 6.08 Å². The number of benzene rings is 3. The van der Waals surface area contributed by atoms with Crippen LogP contribution < -0.4 is 15.0 Å². The second-order valence-electron chi connectivity index (χ2n) is 7.55. The smallest absolute Gasteiger partial charge is 0.335 e. The molecule has 0 spiro atoms. The van der Waals surface area contributed by atoms with Gasteiger partial charge in [0.2, 0.25) is 0 Å². The molecule has 0 unspecified atom stereocenters. The topological polar surface area (TPSA) is 75.7 Å². The van der Waals surface area contributed by atoms with Crippen LogP contribution in [0.1, 0.15) is 23.6 Å². The maximum Gasteiger partial charge on any atom is 0.335 e. The van der Waals surface area contributed by atoms with E-state index in [-0.39, 0.29) is 5.57 Å². The summed E-state index contributed by atoms with van der Waals surface area (Å²) in [5.41, 5.74) is 2.62. The zero-order valence-corrected chi connectivity index (χ0v) is 19.7. The third-order valence-electron chi connectivity index (χ3n) is 5.30. The van der Waals surface area contributed by atoms with Crippen LogP contribution in [-0.4, -0.2) is 17.8 Å². The van der Waals surface area contributed by atoms with Crippen LogP contribution in [0.3, 0.4) is 0 Å². The summed E-state index contributed by atoms with van der Waals surface area (Å²) in [7, 11) is 0. The summed E-state index contributed by atoms with van der Waals surface area (Å²) in [5, 5.41) is 3.18. The average Bonchev–Trinajstić information content (AvgIpc) is 2.83. The quantitative estimate of drug-likeness (QED) is 0.347. The zero-order chi connectivity index (χ0) is 24.2. The van der Waals surface area contributed by atoms with Crippen molar-refractivity contribution in [3.63, 3.8) is 0 Å². The molecule has 0 bridgehead atoms. The van der Waals surface area contributed by atoms with Gasteiger partial charge in [-0.1, -0.05) is 66.5 Å². The van der Waals surface area contributed by atoms with Gasteiger partial charge in [-0.25, -0.2) is 9.69 Å². The minimum atomic E-state index is -0.765. The highest BCUT2D eigenvalue weighted by Gasteiger charge is 2.37. The number of halogens is 2. The van der Waals surface area contributed by atoms with Crippen molar-refractivity contribution in [2.45, 2.75) is 20.0 Å². The number of ether oxygens (including phenoxy) is 1. The monoisotopic (exact) mass is 494 g/mol. The summed E-state index contributed by atoms with van der Waals surface area (Å²) in [6.45, 7) is 2.23. The molecule has 4 rings (SSSR count). The average molecular weight is 495 g/mol. The SMILES string of the molecule is CCc1ccccc1N1C(=O)NC(=O)/C(=C/c2ccc(OCc3ccc(Cl)c(Cl)c3)cc2)C1=O. The summed E-state index contributed by atoms with van der Waals surface area (Å²) in [5.74, 6) is -0.809. The number of carbonyl (C=O) groups is 3. The van der Waals surface area contributed by atoms with E-state index in [4.69, 9.17) is 27.9 Å². The molecule has 0 atom stereocenters. The predicted octanol–water partition coefficient (Wildman–Crippen LogP) is 5.80. The first-order chi connectivity index (χ1) is 16.4. The molecule has 3 aromatic carbocycles. The molecule has 1 fully saturated rings. The van der Waals surface area contributed by atoms with E-state index in [0.29, 0.717) is 40.1 Å². The van der Waals surface area contributed by atoms with E-state index in [1.165, 1.54) is 6.08 Å². The largest absolute Gasteiger partial charge is 0.489 e. The Bertz CT molecular complexity index is 1300. The lowest BCUT2D eigenvalue weighted by atomic mass is 10.0. The van der Waals surface area contributed by atoms with Gasteiger partial charge in [-0.2, -0.15) is 0 Å². The lowest BCUT2D eigenvalue weighted by Gasteiger charge is -2.27. The van der Waals surface area contributed by atoms with Gasteiger partial charge in [0.25, 0.3) is 11.8 Å². The van der Waals surface area contributed by atoms with Crippen LogP contribution >= 0.6 is 23.2 Å². The molecular weight excluding hydrogens is 475 g/mol. The van der Waals surface area contributed by atoms with Gasteiger partial charge in [0, 0.05) is 0 Å². The highest BCUT2D eigenvalue weighted by atomic mass is 35.5. The Balaban J connectivity index is 1.53. The molecular formula is C26H20Cl2N2O4. The Morgan fingerprint density at radius 2 is 1.68 bits per heavy atom. The van der Waals surface area contributed by atoms with Crippen LogP contribution in [-0.2, 0) is 22.6 Å². The van der Waals surface area contributed by atoms with Gasteiger partial charge < -0.3 is 4.74 Å². The molecule has 0 radical (unpaired) electrons. The highest BCUT2D eigenvalue weighted by molar-refractivity contribution is 6.42. The van der Waals surface area contributed by atoms with E-state index in [1.54, 1.807) is 48.5 Å². The molecule has 4 amide bonds. The molecule has 1 N–H and O–H groups in total. The number of barbiturate groups is 1. The molecule has 0 aromatic heterocycles. The molecule has 6 nitrogen and oxygen atoms in total. The van der Waals surface area contributed by atoms with Crippen molar-refractivity contribution in [2.75, 3.05) is 4.90 Å². The standard InChI is InChI=1S/C26H20Cl2N2O4/c1-2-18-5-3-4-6-23(18)30-25(32)20(24(31)29-26(30)33)13-16-7-10-19(11-8-16)34-15-17-9-12-21(27)22(28)14-17/h3-14H,2,15H2,1H3,(H,29,31,33)/b20-13-. The third-order valence-corrected chi connectivity index (χ3v) is 6.03. The number of nitrogens with one attached hydrogen (secondary N) is 1. The molecule has 1 aliphatic rings. The van der Waals surface area contributed by atoms with Gasteiger partial charge in [-0.15, -0.1) is 0 Å². The van der Waals surface area contributed by atoms with Gasteiger partial charge in [-0.3, -0.25) is 14.9 Å². The van der Waals surface area contributed by atoms with Gasteiger partial charge in [0.15, 0.2) is 0 Å². The predicted molar refractivity (Wildman–Crippen MR) is 132 cm³/mol. The molecule has 3 aromatic rings. The maximum absolute atomic E-state index is 13.1. The Morgan fingerprint density at radius 1 is 0.941 bits per heavy atom. The fraction of sp³-hybridized carbons (Fsp3) is 0.115. The van der Waals surface area contributed by atoms with Crippen molar-refractivity contribution in [3.8, 4) is 5.75 Å². The second-order valence-corrected chi connectivity index (χ2v) is 8.36. The Hall–Kier alpha value is -3.61. The normalized spacial score (nSPS) is 15.0. The van der Waals surface area contributed by atoms with Gasteiger partial charge in [-0.05, 0) is 59.5 Å². The van der Waals surface area contributed by atoms with E-state index >= 15 is 0 Å². The summed E-state index contributed by atoms with van der Waals surface area (Å²) in [6, 6.07) is 18.5. The molecule has 8 heteroatoms. The maximum atomic E-state index is 13.1. The summed E-state index contributed by atoms with van der Waals surface area (Å²) in [4.78, 5) is 39.0. The van der Waals surface area contributed by atoms with Crippen molar-refractivity contribution < 1.29 is 19.1 Å². The lowest BCUT2D eigenvalue weighted by Crippen LogP contribution is -2.54. The number of nitrogens with zero attached hydrogens (tertiary/aromatic N) is 1. The van der Waals surface area contributed by atoms with Crippen molar-refractivity contribution in [3.05, 3.63) is 99.0 Å². The molecule has 0 saturated carbocycles. The molecule has 34 heavy (non-hydrogen) atoms. The minimum absolute atomic E-state index is 0.130. The number of para-hydroxylation sites is 1. The highest BCUT2D eigenvalue weighted by Crippen LogP contribution is 2.27. The number of carbonyl (C=O) groups excluding carboxylic acids is 3. The summed E-state index contributed by atoms with van der Waals surface area (Å²) >= 11 is 12.0. The number of amides is 4. The second kappa shape index (κ2) is 10.1. The van der Waals surface area contributed by atoms with E-state index in [1.807, 2.05) is 25.1 Å². The van der Waals surface area contributed by atoms with Crippen LogP contribution in [0.5, 0.6) is 5.75 Å². The molecule has 1 heterocycles. The Morgan fingerprint density at radius 3 is 2.38 bits per heavy atom. The first-order valence-electron chi connectivity index (χ1n) is 10.5. The molecule has 0 aliphatic carbocycles. The molecule has 1 aliphatic heterocycles. The fourth-order valence-electron chi connectivity index (χ4n) is 3.53. The summed E-state index contributed by atoms with van der Waals surface area (Å²) in [6.07, 6.45) is 2.08. The lowest BCUT2D eigenvalue weighted by molar-refractivity contribution is -0.122.